The molecule has 0 saturated carbocycles. The minimum Gasteiger partial charge on any atom is -0.444 e. The van der Waals surface area contributed by atoms with Crippen molar-refractivity contribution in [2.45, 2.75) is 26.3 Å². The molecule has 9 heteroatoms. The molecule has 5 heterocycles. The summed E-state index contributed by atoms with van der Waals surface area (Å²) in [6.45, 7) is 4.57. The van der Waals surface area contributed by atoms with E-state index in [-0.39, 0.29) is 29.9 Å². The van der Waals surface area contributed by atoms with E-state index in [1.807, 2.05) is 6.07 Å². The number of nitrogens with zero attached hydrogens (tertiary/aromatic N) is 2. The summed E-state index contributed by atoms with van der Waals surface area (Å²) in [5.74, 6) is 0.536. The van der Waals surface area contributed by atoms with Crippen molar-refractivity contribution in [3.8, 4) is 0 Å². The van der Waals surface area contributed by atoms with Crippen LogP contribution in [0, 0.1) is 13.8 Å². The number of fused-ring (bicyclic) bond motifs is 2. The predicted octanol–water partition coefficient (Wildman–Crippen LogP) is 3.84. The molecule has 1 atom stereocenters. The second-order valence-electron chi connectivity index (χ2n) is 7.36. The molecule has 2 N–H and O–H groups in total. The van der Waals surface area contributed by atoms with Crippen LogP contribution in [0.25, 0.3) is 10.8 Å². The van der Waals surface area contributed by atoms with E-state index in [1.54, 1.807) is 36.5 Å². The zero-order valence-electron chi connectivity index (χ0n) is 16.5. The molecular weight excluding hydrogens is 420 g/mol. The van der Waals surface area contributed by atoms with E-state index in [2.05, 4.69) is 43.3 Å². The normalized spacial score (nSPS) is 16.7. The first-order valence-electron chi connectivity index (χ1n) is 9.65. The third-order valence-corrected chi connectivity index (χ3v) is 7.40. The Morgan fingerprint density at radius 2 is 2.17 bits per heavy atom. The summed E-state index contributed by atoms with van der Waals surface area (Å²) in [4.78, 5) is 30.1. The number of rotatable bonds is 4. The van der Waals surface area contributed by atoms with Crippen LogP contribution in [0.2, 0.25) is 0 Å². The average Bonchev–Trinajstić information content (AvgIpc) is 3.45. The summed E-state index contributed by atoms with van der Waals surface area (Å²) in [5.41, 5.74) is 1.56. The van der Waals surface area contributed by atoms with Gasteiger partial charge in [-0.25, -0.2) is 5.10 Å². The van der Waals surface area contributed by atoms with Gasteiger partial charge in [0.2, 0.25) is 11.8 Å². The minimum atomic E-state index is -0.375. The van der Waals surface area contributed by atoms with Crippen LogP contribution < -0.4 is 10.9 Å². The summed E-state index contributed by atoms with van der Waals surface area (Å²) in [6, 6.07) is 6.38. The number of hydrogen-bond donors (Lipinski definition) is 2. The van der Waals surface area contributed by atoms with Gasteiger partial charge in [-0.15, -0.1) is 22.7 Å². The number of carbonyl (C=O) groups excluding carboxylic acids is 1. The van der Waals surface area contributed by atoms with E-state index >= 15 is 0 Å². The van der Waals surface area contributed by atoms with E-state index in [4.69, 9.17) is 4.42 Å². The largest absolute Gasteiger partial charge is 0.444 e. The number of nitrogens with one attached hydrogen (secondary N) is 2. The number of thiophene rings is 2. The first-order valence-corrected chi connectivity index (χ1v) is 11.4. The van der Waals surface area contributed by atoms with Crippen LogP contribution in [0.1, 0.15) is 32.8 Å². The topological polar surface area (TPSA) is 91.2 Å². The van der Waals surface area contributed by atoms with Crippen LogP contribution in [0.5, 0.6) is 0 Å². The molecule has 5 rings (SSSR count). The molecule has 1 amide bonds. The Balaban J connectivity index is 1.43. The van der Waals surface area contributed by atoms with Gasteiger partial charge >= 0.3 is 0 Å². The highest BCUT2D eigenvalue weighted by atomic mass is 32.1. The van der Waals surface area contributed by atoms with Gasteiger partial charge in [0.25, 0.3) is 5.56 Å². The lowest BCUT2D eigenvalue weighted by Crippen LogP contribution is -2.40. The van der Waals surface area contributed by atoms with Crippen molar-refractivity contribution in [3.05, 3.63) is 66.1 Å². The number of aromatic nitrogens is 2. The van der Waals surface area contributed by atoms with E-state index in [1.165, 1.54) is 15.3 Å². The van der Waals surface area contributed by atoms with Gasteiger partial charge < -0.3 is 4.42 Å². The van der Waals surface area contributed by atoms with Gasteiger partial charge in [0.1, 0.15) is 11.1 Å². The molecule has 0 unspecified atom stereocenters. The Hall–Kier alpha value is -2.75. The second-order valence-corrected chi connectivity index (χ2v) is 9.34. The zero-order valence-corrected chi connectivity index (χ0v) is 18.2. The molecule has 4 aromatic heterocycles. The summed E-state index contributed by atoms with van der Waals surface area (Å²) < 4.78 is 5.72. The fourth-order valence-corrected chi connectivity index (χ4v) is 5.98. The highest BCUT2D eigenvalue weighted by Crippen LogP contribution is 2.39. The van der Waals surface area contributed by atoms with Crippen molar-refractivity contribution in [1.29, 1.82) is 0 Å². The molecule has 0 radical (unpaired) electrons. The van der Waals surface area contributed by atoms with Gasteiger partial charge in [-0.3, -0.25) is 19.8 Å². The lowest BCUT2D eigenvalue weighted by Gasteiger charge is -2.34. The van der Waals surface area contributed by atoms with Crippen molar-refractivity contribution < 1.29 is 9.21 Å². The van der Waals surface area contributed by atoms with Crippen molar-refractivity contribution in [3.63, 3.8) is 0 Å². The number of amides is 1. The Labute approximate surface area is 180 Å². The summed E-state index contributed by atoms with van der Waals surface area (Å²) in [6.07, 6.45) is 0.926. The number of furan rings is 1. The van der Waals surface area contributed by atoms with E-state index in [0.29, 0.717) is 22.2 Å². The highest BCUT2D eigenvalue weighted by Gasteiger charge is 2.32. The van der Waals surface area contributed by atoms with Crippen LogP contribution in [0.15, 0.2) is 38.2 Å². The molecule has 1 aliphatic heterocycles. The molecule has 0 aliphatic carbocycles. The molecule has 30 heavy (non-hydrogen) atoms. The van der Waals surface area contributed by atoms with Gasteiger partial charge in [-0.2, -0.15) is 5.10 Å². The van der Waals surface area contributed by atoms with E-state index in [0.717, 1.165) is 13.0 Å². The van der Waals surface area contributed by atoms with Crippen LogP contribution >= 0.6 is 22.7 Å². The molecule has 4 aromatic rings. The molecule has 0 aromatic carbocycles. The maximum absolute atomic E-state index is 13.0. The summed E-state index contributed by atoms with van der Waals surface area (Å²) in [5, 5.41) is 14.4. The lowest BCUT2D eigenvalue weighted by atomic mass is 9.98. The molecule has 154 valence electrons. The number of carbonyl (C=O) groups is 1. The van der Waals surface area contributed by atoms with Gasteiger partial charge in [0.05, 0.1) is 23.7 Å². The third kappa shape index (κ3) is 3.19. The van der Waals surface area contributed by atoms with Crippen LogP contribution in [0.3, 0.4) is 0 Å². The Morgan fingerprint density at radius 3 is 2.97 bits per heavy atom. The monoisotopic (exact) mass is 440 g/mol. The fraction of sp³-hybridized carbons (Fsp3) is 0.286. The lowest BCUT2D eigenvalue weighted by molar-refractivity contribution is -0.117. The highest BCUT2D eigenvalue weighted by molar-refractivity contribution is 7.10. The van der Waals surface area contributed by atoms with Gasteiger partial charge in [0, 0.05) is 16.3 Å². The Bertz CT molecular complexity index is 1290. The molecule has 0 fully saturated rings. The number of anilines is 1. The van der Waals surface area contributed by atoms with Gasteiger partial charge in [0.15, 0.2) is 0 Å². The maximum atomic E-state index is 13.0. The molecule has 1 aliphatic rings. The molecular formula is C21H20N4O3S2. The standard InChI is InChI=1S/C21H20N4O3S2/c1-11-17-12(2)28-21(18(17)20(27)24-23-11)22-16(26)10-25-7-5-14-13(6-9-30-14)19(25)15-4-3-8-29-15/h3-4,6,8-9,19H,5,7,10H2,1-2H3,(H,22,26)(H,24,27)/t19-/m1/s1. The van der Waals surface area contributed by atoms with Crippen molar-refractivity contribution in [2.24, 2.45) is 0 Å². The summed E-state index contributed by atoms with van der Waals surface area (Å²) >= 11 is 3.48. The van der Waals surface area contributed by atoms with Crippen molar-refractivity contribution in [1.82, 2.24) is 15.1 Å². The quantitative estimate of drug-likeness (QED) is 0.503. The first kappa shape index (κ1) is 19.2. The maximum Gasteiger partial charge on any atom is 0.277 e. The Kier molecular flexibility index (Phi) is 4.80. The number of aryl methyl sites for hydroxylation is 2. The predicted molar refractivity (Wildman–Crippen MR) is 118 cm³/mol. The second kappa shape index (κ2) is 7.50. The van der Waals surface area contributed by atoms with Crippen LogP contribution in [-0.2, 0) is 11.2 Å². The summed E-state index contributed by atoms with van der Waals surface area (Å²) in [7, 11) is 0. The minimum absolute atomic E-state index is 0.0654. The number of H-pyrrole nitrogens is 1. The van der Waals surface area contributed by atoms with E-state index < -0.39 is 0 Å². The number of hydrogen-bond acceptors (Lipinski definition) is 7. The molecule has 7 nitrogen and oxygen atoms in total. The molecule has 0 spiro atoms. The van der Waals surface area contributed by atoms with Crippen molar-refractivity contribution >= 4 is 45.2 Å². The third-order valence-electron chi connectivity index (χ3n) is 5.48. The Morgan fingerprint density at radius 1 is 1.30 bits per heavy atom. The van der Waals surface area contributed by atoms with Gasteiger partial charge in [-0.1, -0.05) is 6.07 Å². The van der Waals surface area contributed by atoms with Gasteiger partial charge in [-0.05, 0) is 48.7 Å². The van der Waals surface area contributed by atoms with E-state index in [9.17, 15) is 9.59 Å². The SMILES string of the molecule is Cc1n[nH]c(=O)c2c(NC(=O)CN3CCc4sccc4[C@@H]3c3cccs3)oc(C)c12. The first-order chi connectivity index (χ1) is 14.5. The molecule has 0 saturated heterocycles. The van der Waals surface area contributed by atoms with Crippen molar-refractivity contribution in [2.75, 3.05) is 18.4 Å². The molecule has 0 bridgehead atoms. The fourth-order valence-electron chi connectivity index (χ4n) is 4.20. The smallest absolute Gasteiger partial charge is 0.277 e. The number of aromatic amines is 1. The zero-order chi connectivity index (χ0) is 20.8. The van der Waals surface area contributed by atoms with Crippen LogP contribution in [0.4, 0.5) is 5.88 Å². The van der Waals surface area contributed by atoms with Crippen LogP contribution in [-0.4, -0.2) is 34.1 Å². The average molecular weight is 441 g/mol.